The number of sulfonamides is 1. The van der Waals surface area contributed by atoms with E-state index in [9.17, 15) is 18.0 Å². The molecule has 2 amide bonds. The second kappa shape index (κ2) is 8.57. The molecule has 0 unspecified atom stereocenters. The van der Waals surface area contributed by atoms with Crippen LogP contribution in [-0.2, 0) is 14.8 Å². The Bertz CT molecular complexity index is 977. The Morgan fingerprint density at radius 3 is 2.27 bits per heavy atom. The lowest BCUT2D eigenvalue weighted by Crippen LogP contribution is -2.53. The van der Waals surface area contributed by atoms with E-state index in [1.165, 1.54) is 29.0 Å². The molecule has 2 aromatic rings. The molecule has 0 radical (unpaired) electrons. The molecule has 0 aromatic carbocycles. The first kappa shape index (κ1) is 20.5. The SMILES string of the molecule is O=C(c1ccco1)N1CCN(C(=O)C2CCN(S(=O)(=O)c3cccnc3)CC2)CC1. The Morgan fingerprint density at radius 1 is 0.967 bits per heavy atom. The number of hydrogen-bond donors (Lipinski definition) is 0. The summed E-state index contributed by atoms with van der Waals surface area (Å²) in [5, 5.41) is 0. The van der Waals surface area contributed by atoms with E-state index in [2.05, 4.69) is 4.98 Å². The average Bonchev–Trinajstić information content (AvgIpc) is 3.34. The highest BCUT2D eigenvalue weighted by Crippen LogP contribution is 2.25. The molecule has 2 fully saturated rings. The molecule has 0 atom stereocenters. The Kier molecular flexibility index (Phi) is 5.87. The maximum atomic E-state index is 12.9. The van der Waals surface area contributed by atoms with E-state index < -0.39 is 10.0 Å². The van der Waals surface area contributed by atoms with Crippen molar-refractivity contribution in [2.45, 2.75) is 17.7 Å². The predicted octanol–water partition coefficient (Wildman–Crippen LogP) is 1.06. The fourth-order valence-corrected chi connectivity index (χ4v) is 5.37. The highest BCUT2D eigenvalue weighted by atomic mass is 32.2. The topological polar surface area (TPSA) is 104 Å². The average molecular weight is 433 g/mol. The van der Waals surface area contributed by atoms with Gasteiger partial charge in [0, 0.05) is 57.6 Å². The largest absolute Gasteiger partial charge is 0.459 e. The number of furan rings is 1. The molecule has 30 heavy (non-hydrogen) atoms. The molecule has 0 spiro atoms. The van der Waals surface area contributed by atoms with Crippen molar-refractivity contribution in [3.63, 3.8) is 0 Å². The maximum Gasteiger partial charge on any atom is 0.289 e. The van der Waals surface area contributed by atoms with Gasteiger partial charge in [-0.1, -0.05) is 0 Å². The van der Waals surface area contributed by atoms with Crippen LogP contribution in [0.2, 0.25) is 0 Å². The molecule has 9 nitrogen and oxygen atoms in total. The fourth-order valence-electron chi connectivity index (χ4n) is 3.94. The molecule has 2 saturated heterocycles. The molecule has 0 bridgehead atoms. The standard InChI is InChI=1S/C20H24N4O5S/c25-19(22-10-12-23(13-11-22)20(26)18-4-2-14-29-18)16-5-8-24(9-6-16)30(27,28)17-3-1-7-21-15-17/h1-4,7,14-16H,5-6,8-13H2. The number of hydrogen-bond acceptors (Lipinski definition) is 6. The summed E-state index contributed by atoms with van der Waals surface area (Å²) in [7, 11) is -3.58. The highest BCUT2D eigenvalue weighted by molar-refractivity contribution is 7.89. The fraction of sp³-hybridized carbons (Fsp3) is 0.450. The van der Waals surface area contributed by atoms with Gasteiger partial charge in [-0.15, -0.1) is 0 Å². The van der Waals surface area contributed by atoms with E-state index in [1.807, 2.05) is 0 Å². The van der Waals surface area contributed by atoms with Crippen LogP contribution in [-0.4, -0.2) is 78.6 Å². The molecule has 2 aromatic heterocycles. The van der Waals surface area contributed by atoms with Crippen molar-refractivity contribution in [1.29, 1.82) is 0 Å². The van der Waals surface area contributed by atoms with Crippen molar-refractivity contribution < 1.29 is 22.4 Å². The zero-order chi connectivity index (χ0) is 21.1. The molecule has 4 rings (SSSR count). The van der Waals surface area contributed by atoms with Crippen molar-refractivity contribution in [1.82, 2.24) is 19.1 Å². The van der Waals surface area contributed by atoms with Crippen LogP contribution < -0.4 is 0 Å². The number of aromatic nitrogens is 1. The van der Waals surface area contributed by atoms with Gasteiger partial charge in [-0.3, -0.25) is 14.6 Å². The summed E-state index contributed by atoms with van der Waals surface area (Å²) in [6, 6.07) is 6.43. The molecule has 4 heterocycles. The van der Waals surface area contributed by atoms with E-state index in [0.717, 1.165) is 0 Å². The minimum absolute atomic E-state index is 0.0403. The lowest BCUT2D eigenvalue weighted by Gasteiger charge is -2.38. The number of carbonyl (C=O) groups excluding carboxylic acids is 2. The molecule has 160 valence electrons. The molecule has 10 heteroatoms. The van der Waals surface area contributed by atoms with Crippen molar-refractivity contribution in [3.8, 4) is 0 Å². The van der Waals surface area contributed by atoms with Crippen LogP contribution >= 0.6 is 0 Å². The van der Waals surface area contributed by atoms with Crippen LogP contribution in [0.25, 0.3) is 0 Å². The lowest BCUT2D eigenvalue weighted by molar-refractivity contribution is -0.138. The Hall–Kier alpha value is -2.72. The molecule has 2 aliphatic rings. The zero-order valence-electron chi connectivity index (χ0n) is 16.5. The molecule has 0 aliphatic carbocycles. The smallest absolute Gasteiger partial charge is 0.289 e. The van der Waals surface area contributed by atoms with Crippen LogP contribution in [0.15, 0.2) is 52.2 Å². The number of piperidine rings is 1. The number of carbonyl (C=O) groups is 2. The van der Waals surface area contributed by atoms with E-state index in [0.29, 0.717) is 57.9 Å². The van der Waals surface area contributed by atoms with Crippen LogP contribution in [0.3, 0.4) is 0 Å². The van der Waals surface area contributed by atoms with E-state index in [1.54, 1.807) is 28.0 Å². The van der Waals surface area contributed by atoms with Crippen LogP contribution in [0.1, 0.15) is 23.4 Å². The third-order valence-corrected chi connectivity index (χ3v) is 7.57. The maximum absolute atomic E-state index is 12.9. The van der Waals surface area contributed by atoms with Gasteiger partial charge < -0.3 is 14.2 Å². The summed E-state index contributed by atoms with van der Waals surface area (Å²) < 4.78 is 32.0. The first-order valence-electron chi connectivity index (χ1n) is 9.98. The summed E-state index contributed by atoms with van der Waals surface area (Å²) in [6.45, 7) is 2.48. The molecule has 0 N–H and O–H groups in total. The molecule has 2 aliphatic heterocycles. The number of pyridine rings is 1. The van der Waals surface area contributed by atoms with Crippen molar-refractivity contribution in [3.05, 3.63) is 48.7 Å². The summed E-state index contributed by atoms with van der Waals surface area (Å²) in [4.78, 5) is 32.8. The zero-order valence-corrected chi connectivity index (χ0v) is 17.3. The van der Waals surface area contributed by atoms with E-state index in [-0.39, 0.29) is 22.6 Å². The second-order valence-corrected chi connectivity index (χ2v) is 9.40. The quantitative estimate of drug-likeness (QED) is 0.716. The van der Waals surface area contributed by atoms with E-state index in [4.69, 9.17) is 4.42 Å². The van der Waals surface area contributed by atoms with Crippen molar-refractivity contribution >= 4 is 21.8 Å². The summed E-state index contributed by atoms with van der Waals surface area (Å²) >= 11 is 0. The number of amides is 2. The minimum atomic E-state index is -3.58. The van der Waals surface area contributed by atoms with Gasteiger partial charge in [0.1, 0.15) is 4.90 Å². The van der Waals surface area contributed by atoms with Gasteiger partial charge in [-0.25, -0.2) is 8.42 Å². The van der Waals surface area contributed by atoms with Gasteiger partial charge in [0.25, 0.3) is 5.91 Å². The second-order valence-electron chi connectivity index (χ2n) is 7.46. The van der Waals surface area contributed by atoms with Crippen LogP contribution in [0.4, 0.5) is 0 Å². The van der Waals surface area contributed by atoms with Gasteiger partial charge in [0.15, 0.2) is 5.76 Å². The lowest BCUT2D eigenvalue weighted by atomic mass is 9.96. The predicted molar refractivity (Wildman–Crippen MR) is 107 cm³/mol. The third-order valence-electron chi connectivity index (χ3n) is 5.69. The van der Waals surface area contributed by atoms with Crippen molar-refractivity contribution in [2.75, 3.05) is 39.3 Å². The number of nitrogens with zero attached hydrogens (tertiary/aromatic N) is 4. The Labute approximate surface area is 175 Å². The van der Waals surface area contributed by atoms with Gasteiger partial charge in [0.05, 0.1) is 6.26 Å². The summed E-state index contributed by atoms with van der Waals surface area (Å²) in [5.41, 5.74) is 0. The Balaban J connectivity index is 1.29. The van der Waals surface area contributed by atoms with Gasteiger partial charge in [-0.05, 0) is 37.1 Å². The minimum Gasteiger partial charge on any atom is -0.459 e. The molecular formula is C20H24N4O5S. The van der Waals surface area contributed by atoms with Crippen LogP contribution in [0.5, 0.6) is 0 Å². The normalized spacial score (nSPS) is 19.1. The summed E-state index contributed by atoms with van der Waals surface area (Å²) in [6.07, 6.45) is 5.32. The highest BCUT2D eigenvalue weighted by Gasteiger charge is 2.35. The van der Waals surface area contributed by atoms with Gasteiger partial charge >= 0.3 is 0 Å². The third kappa shape index (κ3) is 4.10. The molecule has 0 saturated carbocycles. The summed E-state index contributed by atoms with van der Waals surface area (Å²) in [5.74, 6) is -0.0193. The van der Waals surface area contributed by atoms with Crippen LogP contribution in [0, 0.1) is 5.92 Å². The Morgan fingerprint density at radius 2 is 1.67 bits per heavy atom. The monoisotopic (exact) mass is 432 g/mol. The molecular weight excluding hydrogens is 408 g/mol. The van der Waals surface area contributed by atoms with Crippen molar-refractivity contribution in [2.24, 2.45) is 5.92 Å². The first-order chi connectivity index (χ1) is 14.5. The van der Waals surface area contributed by atoms with E-state index >= 15 is 0 Å². The van der Waals surface area contributed by atoms with Gasteiger partial charge in [-0.2, -0.15) is 4.31 Å². The first-order valence-corrected chi connectivity index (χ1v) is 11.4. The number of rotatable bonds is 4. The number of piperazine rings is 1. The van der Waals surface area contributed by atoms with Gasteiger partial charge in [0.2, 0.25) is 15.9 Å².